The Morgan fingerprint density at radius 1 is 0.881 bits per heavy atom. The SMILES string of the molecule is C=C(C)O[C@H](C[C@H](C(C)C)N(COC(=O)CCC)C(=O)[C@@H](NC(=O)[C@H]1CCCCN1C)[C@@H](C)CC)c1nc(C(=O)N[C@@H](Cc2ccc(OC(=O)NCCCCNC(=O)CCNC(=O)OCC(OC)OC(CC)CO)cc2)C[C@H](C)C(=O)O)cs1. The van der Waals surface area contributed by atoms with Crippen molar-refractivity contribution in [3.63, 3.8) is 0 Å². The summed E-state index contributed by atoms with van der Waals surface area (Å²) in [6.07, 6.45) is 2.38. The number of nitrogens with zero attached hydrogens (tertiary/aromatic N) is 3. The number of thiazole rings is 1. The van der Waals surface area contributed by atoms with E-state index in [2.05, 4.69) is 33.2 Å². The highest BCUT2D eigenvalue weighted by atomic mass is 32.1. The van der Waals surface area contributed by atoms with Crippen molar-refractivity contribution in [3.8, 4) is 5.75 Å². The fourth-order valence-electron chi connectivity index (χ4n) is 9.20. The molecule has 0 spiro atoms. The molecule has 7 N–H and O–H groups in total. The number of carboxylic acid groups (broad SMARTS) is 1. The Bertz CT molecular complexity index is 2390. The van der Waals surface area contributed by atoms with Gasteiger partial charge in [0, 0.05) is 63.5 Å². The van der Waals surface area contributed by atoms with Gasteiger partial charge >= 0.3 is 24.1 Å². The number of rotatable bonds is 39. The van der Waals surface area contributed by atoms with Crippen LogP contribution in [0.15, 0.2) is 42.0 Å². The van der Waals surface area contributed by atoms with Gasteiger partial charge in [0.1, 0.15) is 29.1 Å². The van der Waals surface area contributed by atoms with Gasteiger partial charge in [-0.3, -0.25) is 33.7 Å². The lowest BCUT2D eigenvalue weighted by atomic mass is 9.92. The minimum absolute atomic E-state index is 0.0152. The number of carbonyl (C=O) groups excluding carboxylic acids is 7. The molecule has 84 heavy (non-hydrogen) atoms. The molecule has 1 saturated heterocycles. The number of benzene rings is 1. The molecule has 1 fully saturated rings. The van der Waals surface area contributed by atoms with E-state index in [0.29, 0.717) is 55.8 Å². The Kier molecular flexibility index (Phi) is 32.9. The number of piperidine rings is 1. The van der Waals surface area contributed by atoms with Crippen LogP contribution < -0.4 is 31.3 Å². The molecule has 0 bridgehead atoms. The van der Waals surface area contributed by atoms with E-state index < -0.39 is 78.5 Å². The normalized spacial score (nSPS) is 16.3. The van der Waals surface area contributed by atoms with Gasteiger partial charge in [-0.05, 0) is 101 Å². The zero-order valence-electron chi connectivity index (χ0n) is 50.9. The number of unbranched alkanes of at least 4 members (excludes halogenated alkanes) is 1. The third kappa shape index (κ3) is 25.8. The number of nitrogens with one attached hydrogen (secondary N) is 5. The highest BCUT2D eigenvalue weighted by molar-refractivity contribution is 7.09. The number of likely N-dealkylation sites (tertiary alicyclic amines) is 1. The molecule has 9 atom stereocenters. The van der Waals surface area contributed by atoms with Crippen LogP contribution in [0.25, 0.3) is 0 Å². The number of aliphatic hydroxyl groups is 1. The van der Waals surface area contributed by atoms with E-state index in [1.54, 1.807) is 43.5 Å². The van der Waals surface area contributed by atoms with Crippen LogP contribution in [0.5, 0.6) is 5.75 Å². The number of aromatic nitrogens is 1. The van der Waals surface area contributed by atoms with E-state index in [9.17, 15) is 48.6 Å². The maximum Gasteiger partial charge on any atom is 0.412 e. The molecule has 472 valence electrons. The maximum absolute atomic E-state index is 15.0. The van der Waals surface area contributed by atoms with E-state index in [1.807, 2.05) is 53.5 Å². The van der Waals surface area contributed by atoms with Gasteiger partial charge < -0.3 is 70.1 Å². The van der Waals surface area contributed by atoms with Crippen molar-refractivity contribution in [1.29, 1.82) is 0 Å². The highest BCUT2D eigenvalue weighted by Gasteiger charge is 2.39. The summed E-state index contributed by atoms with van der Waals surface area (Å²) in [4.78, 5) is 113. The average Bonchev–Trinajstić information content (AvgIpc) is 4.03. The van der Waals surface area contributed by atoms with Crippen LogP contribution >= 0.6 is 11.3 Å². The van der Waals surface area contributed by atoms with Gasteiger partial charge in [-0.1, -0.05) is 80.0 Å². The predicted molar refractivity (Wildman–Crippen MR) is 314 cm³/mol. The molecule has 2 unspecified atom stereocenters. The van der Waals surface area contributed by atoms with Gasteiger partial charge in [0.05, 0.1) is 30.4 Å². The van der Waals surface area contributed by atoms with Crippen LogP contribution in [-0.2, 0) is 54.1 Å². The first kappa shape index (κ1) is 71.9. The standard InChI is InChI=1S/C59H94N8O16S/c1-12-19-50(70)80-36-67(56(73)52(39(8)13-2)65-54(72)46-20-15-18-29-66(46)10)47(37(4)5)32-48(81-38(6)7)55-64-45(35-84-55)53(71)63-42(30-40(9)57(74)75)31-41-21-23-44(24-22-41)83-59(77)61-27-17-16-26-60-49(69)25-28-62-58(76)79-34-51(78-11)82-43(14-3)33-68/h21-24,35,37,39-40,42-43,46-48,51-52,68H,6,12-20,25-34,36H2,1-5,7-11H3,(H,60,69)(H,61,77)(H,62,76)(H,63,71)(H,65,72)(H,74,75)/t39-,40-,42+,43?,46+,47+,48+,51?,52-/m0/s1. The van der Waals surface area contributed by atoms with Gasteiger partial charge in [0.15, 0.2) is 19.1 Å². The molecule has 1 aromatic carbocycles. The maximum atomic E-state index is 15.0. The first-order valence-corrected chi connectivity index (χ1v) is 30.2. The van der Waals surface area contributed by atoms with Gasteiger partial charge in [-0.25, -0.2) is 14.6 Å². The summed E-state index contributed by atoms with van der Waals surface area (Å²) >= 11 is 1.17. The Labute approximate surface area is 499 Å². The van der Waals surface area contributed by atoms with Crippen molar-refractivity contribution in [3.05, 3.63) is 58.2 Å². The largest absolute Gasteiger partial charge is 0.488 e. The molecule has 1 aromatic heterocycles. The van der Waals surface area contributed by atoms with E-state index in [-0.39, 0.29) is 106 Å². The molecule has 0 radical (unpaired) electrons. The van der Waals surface area contributed by atoms with E-state index in [1.165, 1.54) is 23.3 Å². The molecule has 0 aliphatic carbocycles. The molecule has 2 aromatic rings. The number of alkyl carbamates (subject to hydrolysis) is 1. The Morgan fingerprint density at radius 2 is 1.57 bits per heavy atom. The van der Waals surface area contributed by atoms with Crippen molar-refractivity contribution < 1.29 is 77.0 Å². The lowest BCUT2D eigenvalue weighted by Gasteiger charge is -2.39. The summed E-state index contributed by atoms with van der Waals surface area (Å²) in [5.41, 5.74) is 0.779. The second-order valence-electron chi connectivity index (χ2n) is 21.7. The monoisotopic (exact) mass is 1200 g/mol. The summed E-state index contributed by atoms with van der Waals surface area (Å²) in [7, 11) is 3.30. The summed E-state index contributed by atoms with van der Waals surface area (Å²) in [6, 6.07) is 4.00. The Balaban J connectivity index is 1.64. The van der Waals surface area contributed by atoms with Crippen LogP contribution in [0.3, 0.4) is 0 Å². The summed E-state index contributed by atoms with van der Waals surface area (Å²) < 4.78 is 33.2. The molecule has 1 aliphatic rings. The molecule has 2 heterocycles. The summed E-state index contributed by atoms with van der Waals surface area (Å²) in [5, 5.41) is 35.1. The number of carbonyl (C=O) groups is 8. The number of ether oxygens (including phenoxy) is 6. The number of likely N-dealkylation sites (N-methyl/N-ethyl adjacent to an activating group) is 1. The van der Waals surface area contributed by atoms with Gasteiger partial charge in [-0.2, -0.15) is 0 Å². The number of hydrogen-bond acceptors (Lipinski definition) is 18. The number of aliphatic hydroxyl groups excluding tert-OH is 1. The summed E-state index contributed by atoms with van der Waals surface area (Å²) in [6.45, 7) is 19.3. The number of aliphatic carboxylic acids is 1. The first-order valence-electron chi connectivity index (χ1n) is 29.3. The van der Waals surface area contributed by atoms with Gasteiger partial charge in [-0.15, -0.1) is 11.3 Å². The average molecular weight is 1200 g/mol. The van der Waals surface area contributed by atoms with Crippen molar-refractivity contribution in [1.82, 2.24) is 41.4 Å². The molecular weight excluding hydrogens is 1110 g/mol. The van der Waals surface area contributed by atoms with Crippen LogP contribution in [0.4, 0.5) is 9.59 Å². The lowest BCUT2D eigenvalue weighted by Crippen LogP contribution is -2.59. The minimum Gasteiger partial charge on any atom is -0.488 e. The molecule has 0 saturated carbocycles. The zero-order chi connectivity index (χ0) is 62.3. The van der Waals surface area contributed by atoms with Gasteiger partial charge in [0.2, 0.25) is 17.7 Å². The molecule has 3 rings (SSSR count). The van der Waals surface area contributed by atoms with Crippen molar-refractivity contribution in [2.75, 3.05) is 60.3 Å². The molecule has 1 aliphatic heterocycles. The number of esters is 1. The number of allylic oxidation sites excluding steroid dienone is 1. The second-order valence-corrected chi connectivity index (χ2v) is 22.5. The molecule has 24 nitrogen and oxygen atoms in total. The Hall–Kier alpha value is -6.41. The van der Waals surface area contributed by atoms with Crippen LogP contribution in [0, 0.1) is 17.8 Å². The molecule has 25 heteroatoms. The third-order valence-corrected chi connectivity index (χ3v) is 15.3. The van der Waals surface area contributed by atoms with Crippen LogP contribution in [-0.4, -0.2) is 170 Å². The third-order valence-electron chi connectivity index (χ3n) is 14.4. The number of amides is 6. The highest BCUT2D eigenvalue weighted by Crippen LogP contribution is 2.33. The molecule has 6 amide bonds. The minimum atomic E-state index is -1.04. The molecular formula is C59H94N8O16S. The van der Waals surface area contributed by atoms with Crippen molar-refractivity contribution >= 4 is 59.1 Å². The number of hydrogen-bond donors (Lipinski definition) is 7. The smallest absolute Gasteiger partial charge is 0.412 e. The Morgan fingerprint density at radius 3 is 2.18 bits per heavy atom. The van der Waals surface area contributed by atoms with Crippen LogP contribution in [0.1, 0.15) is 160 Å². The predicted octanol–water partition coefficient (Wildman–Crippen LogP) is 6.61. The zero-order valence-corrected chi connectivity index (χ0v) is 51.7. The first-order chi connectivity index (χ1) is 40.0. The van der Waals surface area contributed by atoms with Gasteiger partial charge in [0.25, 0.3) is 5.91 Å². The second kappa shape index (κ2) is 38.5. The van der Waals surface area contributed by atoms with E-state index in [0.717, 1.165) is 24.9 Å². The fourth-order valence-corrected chi connectivity index (χ4v) is 10.0. The lowest BCUT2D eigenvalue weighted by molar-refractivity contribution is -0.181. The van der Waals surface area contributed by atoms with Crippen LogP contribution in [0.2, 0.25) is 0 Å². The quantitative estimate of drug-likeness (QED) is 0.0160. The summed E-state index contributed by atoms with van der Waals surface area (Å²) in [5.74, 6) is -3.70. The van der Waals surface area contributed by atoms with Crippen molar-refractivity contribution in [2.45, 2.75) is 182 Å². The topological polar surface area (TPSA) is 312 Å². The van der Waals surface area contributed by atoms with Crippen molar-refractivity contribution in [2.24, 2.45) is 17.8 Å². The van der Waals surface area contributed by atoms with E-state index >= 15 is 0 Å². The number of carboxylic acids is 1. The number of methoxy groups -OCH3 is 1. The van der Waals surface area contributed by atoms with E-state index in [4.69, 9.17) is 33.4 Å². The fraction of sp³-hybridized carbons (Fsp3) is 0.678.